The van der Waals surface area contributed by atoms with Crippen molar-refractivity contribution in [3.8, 4) is 0 Å². The van der Waals surface area contributed by atoms with E-state index >= 15 is 0 Å². The quantitative estimate of drug-likeness (QED) is 0.748. The topological polar surface area (TPSA) is 86.9 Å². The predicted octanol–water partition coefficient (Wildman–Crippen LogP) is 3.83. The van der Waals surface area contributed by atoms with E-state index in [9.17, 15) is 18.0 Å². The van der Waals surface area contributed by atoms with E-state index in [-0.39, 0.29) is 30.7 Å². The molecule has 0 radical (unpaired) electrons. The van der Waals surface area contributed by atoms with Gasteiger partial charge in [0, 0.05) is 29.5 Å². The number of pyridine rings is 1. The van der Waals surface area contributed by atoms with E-state index in [0.717, 1.165) is 22.1 Å². The minimum atomic E-state index is -4.71. The number of carbonyl (C=O) groups excluding carboxylic acids is 1. The Morgan fingerprint density at radius 3 is 2.73 bits per heavy atom. The van der Waals surface area contributed by atoms with Gasteiger partial charge in [-0.25, -0.2) is 4.98 Å². The highest BCUT2D eigenvalue weighted by Crippen LogP contribution is 2.33. The summed E-state index contributed by atoms with van der Waals surface area (Å²) >= 11 is 0. The van der Waals surface area contributed by atoms with Crippen LogP contribution in [-0.2, 0) is 27.4 Å². The van der Waals surface area contributed by atoms with Gasteiger partial charge in [-0.2, -0.15) is 0 Å². The van der Waals surface area contributed by atoms with Crippen LogP contribution in [0.3, 0.4) is 0 Å². The smallest absolute Gasteiger partial charge is 0.410 e. The molecule has 1 atom stereocenters. The van der Waals surface area contributed by atoms with Crippen LogP contribution in [0.15, 0.2) is 41.7 Å². The minimum Gasteiger partial charge on any atom is -0.410 e. The SMILES string of the molecule is Nc1nc2ccc(C(=O)N3CCOC[C@@H]3C3=CC=C(OC(F)(F)F)CC3)cc2c2c1COC2. The molecule has 2 N–H and O–H groups in total. The van der Waals surface area contributed by atoms with Crippen LogP contribution in [0.5, 0.6) is 0 Å². The second kappa shape index (κ2) is 8.35. The van der Waals surface area contributed by atoms with Crippen molar-refractivity contribution in [2.45, 2.75) is 38.5 Å². The monoisotopic (exact) mass is 461 g/mol. The van der Waals surface area contributed by atoms with Gasteiger partial charge in [0.2, 0.25) is 0 Å². The molecule has 33 heavy (non-hydrogen) atoms. The summed E-state index contributed by atoms with van der Waals surface area (Å²) < 4.78 is 52.6. The zero-order valence-corrected chi connectivity index (χ0v) is 17.7. The highest BCUT2D eigenvalue weighted by Gasteiger charge is 2.35. The van der Waals surface area contributed by atoms with Crippen molar-refractivity contribution in [3.05, 3.63) is 58.4 Å². The van der Waals surface area contributed by atoms with E-state index in [4.69, 9.17) is 15.2 Å². The Bertz CT molecular complexity index is 1180. The fourth-order valence-corrected chi connectivity index (χ4v) is 4.57. The van der Waals surface area contributed by atoms with Gasteiger partial charge in [-0.15, -0.1) is 13.2 Å². The number of anilines is 1. The van der Waals surface area contributed by atoms with E-state index in [1.54, 1.807) is 23.1 Å². The van der Waals surface area contributed by atoms with Crippen molar-refractivity contribution in [2.24, 2.45) is 0 Å². The number of rotatable bonds is 3. The largest absolute Gasteiger partial charge is 0.572 e. The maximum atomic E-state index is 13.5. The van der Waals surface area contributed by atoms with E-state index in [1.807, 2.05) is 6.07 Å². The molecule has 2 aromatic rings. The molecule has 1 aromatic heterocycles. The van der Waals surface area contributed by atoms with Gasteiger partial charge in [0.15, 0.2) is 0 Å². The number of halogens is 3. The number of benzene rings is 1. The lowest BCUT2D eigenvalue weighted by molar-refractivity contribution is -0.306. The number of nitrogens with zero attached hydrogens (tertiary/aromatic N) is 2. The summed E-state index contributed by atoms with van der Waals surface area (Å²) in [4.78, 5) is 19.6. The summed E-state index contributed by atoms with van der Waals surface area (Å²) in [5.41, 5.74) is 9.87. The van der Waals surface area contributed by atoms with Gasteiger partial charge < -0.3 is 24.8 Å². The van der Waals surface area contributed by atoms with Gasteiger partial charge >= 0.3 is 6.36 Å². The summed E-state index contributed by atoms with van der Waals surface area (Å²) in [7, 11) is 0. The summed E-state index contributed by atoms with van der Waals surface area (Å²) in [6, 6.07) is 4.95. The molecule has 2 aliphatic heterocycles. The van der Waals surface area contributed by atoms with Crippen LogP contribution in [0.25, 0.3) is 10.9 Å². The van der Waals surface area contributed by atoms with Crippen molar-refractivity contribution in [1.82, 2.24) is 9.88 Å². The van der Waals surface area contributed by atoms with Crippen LogP contribution in [0.1, 0.15) is 34.3 Å². The molecule has 3 aliphatic rings. The lowest BCUT2D eigenvalue weighted by Gasteiger charge is -2.38. The second-order valence-electron chi connectivity index (χ2n) is 8.19. The van der Waals surface area contributed by atoms with E-state index in [0.29, 0.717) is 49.7 Å². The average Bonchev–Trinajstić information content (AvgIpc) is 3.29. The van der Waals surface area contributed by atoms with Gasteiger partial charge in [-0.05, 0) is 41.8 Å². The molecule has 0 unspecified atom stereocenters. The molecular weight excluding hydrogens is 439 g/mol. The number of nitrogens with two attached hydrogens (primary N) is 1. The molecule has 7 nitrogen and oxygen atoms in total. The molecule has 1 saturated heterocycles. The van der Waals surface area contributed by atoms with Crippen LogP contribution in [0.2, 0.25) is 0 Å². The van der Waals surface area contributed by atoms with Gasteiger partial charge in [0.1, 0.15) is 11.6 Å². The molecule has 1 aliphatic carbocycles. The number of allylic oxidation sites excluding steroid dienone is 3. The van der Waals surface area contributed by atoms with Crippen LogP contribution in [-0.4, -0.2) is 48.0 Å². The molecule has 0 saturated carbocycles. The van der Waals surface area contributed by atoms with Crippen molar-refractivity contribution < 1.29 is 32.2 Å². The first-order chi connectivity index (χ1) is 15.8. The molecule has 0 bridgehead atoms. The number of nitrogen functional groups attached to an aromatic ring is 1. The Morgan fingerprint density at radius 1 is 1.15 bits per heavy atom. The number of fused-ring (bicyclic) bond motifs is 3. The Labute approximate surface area is 187 Å². The fourth-order valence-electron chi connectivity index (χ4n) is 4.57. The number of ether oxygens (including phenoxy) is 3. The van der Waals surface area contributed by atoms with E-state index < -0.39 is 6.36 Å². The average molecular weight is 461 g/mol. The Hall–Kier alpha value is -3.11. The molecular formula is C23H22F3N3O4. The summed E-state index contributed by atoms with van der Waals surface area (Å²) in [5.74, 6) is 0.128. The first kappa shape index (κ1) is 21.7. The van der Waals surface area contributed by atoms with Gasteiger partial charge in [-0.1, -0.05) is 6.08 Å². The Kier molecular flexibility index (Phi) is 5.49. The third kappa shape index (κ3) is 4.28. The molecule has 3 heterocycles. The number of alkyl halides is 3. The summed E-state index contributed by atoms with van der Waals surface area (Å²) in [5, 5.41) is 0.834. The van der Waals surface area contributed by atoms with Gasteiger partial charge in [-0.3, -0.25) is 4.79 Å². The normalized spacial score (nSPS) is 20.9. The van der Waals surface area contributed by atoms with Crippen LogP contribution < -0.4 is 5.73 Å². The van der Waals surface area contributed by atoms with Crippen molar-refractivity contribution in [3.63, 3.8) is 0 Å². The number of hydrogen-bond acceptors (Lipinski definition) is 6. The van der Waals surface area contributed by atoms with Crippen molar-refractivity contribution >= 4 is 22.6 Å². The number of hydrogen-bond donors (Lipinski definition) is 1. The first-order valence-electron chi connectivity index (χ1n) is 10.6. The third-order valence-electron chi connectivity index (χ3n) is 6.18. The zero-order valence-electron chi connectivity index (χ0n) is 17.7. The maximum absolute atomic E-state index is 13.5. The summed E-state index contributed by atoms with van der Waals surface area (Å²) in [6.07, 6.45) is -1.33. The number of amides is 1. The number of aromatic nitrogens is 1. The van der Waals surface area contributed by atoms with Crippen LogP contribution in [0.4, 0.5) is 19.0 Å². The Morgan fingerprint density at radius 2 is 1.97 bits per heavy atom. The molecule has 1 aromatic carbocycles. The number of carbonyl (C=O) groups is 1. The lowest BCUT2D eigenvalue weighted by atomic mass is 9.94. The van der Waals surface area contributed by atoms with Gasteiger partial charge in [0.25, 0.3) is 5.91 Å². The van der Waals surface area contributed by atoms with Crippen LogP contribution in [0, 0.1) is 0 Å². The van der Waals surface area contributed by atoms with Gasteiger partial charge in [0.05, 0.1) is 38.0 Å². The Balaban J connectivity index is 1.43. The van der Waals surface area contributed by atoms with Crippen molar-refractivity contribution in [1.29, 1.82) is 0 Å². The predicted molar refractivity (Wildman–Crippen MR) is 113 cm³/mol. The molecule has 1 fully saturated rings. The first-order valence-corrected chi connectivity index (χ1v) is 10.6. The van der Waals surface area contributed by atoms with Crippen LogP contribution >= 0.6 is 0 Å². The summed E-state index contributed by atoms with van der Waals surface area (Å²) in [6.45, 7) is 1.88. The lowest BCUT2D eigenvalue weighted by Crippen LogP contribution is -2.49. The standard InChI is InChI=1S/C23H22F3N3O4/c24-23(25,26)33-15-4-1-13(2-5-15)20-12-31-8-7-29(20)22(30)14-3-6-19-16(9-14)17-10-32-11-18(17)21(27)28-19/h1,3-4,6,9,20H,2,5,7-8,10-12H2,(H2,27,28)/t20-/m1/s1. The fraction of sp³-hybridized carbons (Fsp3) is 0.391. The maximum Gasteiger partial charge on any atom is 0.572 e. The molecule has 5 rings (SSSR count). The zero-order chi connectivity index (χ0) is 23.2. The van der Waals surface area contributed by atoms with E-state index in [2.05, 4.69) is 9.72 Å². The van der Waals surface area contributed by atoms with E-state index in [1.165, 1.54) is 6.08 Å². The molecule has 10 heteroatoms. The molecule has 174 valence electrons. The third-order valence-corrected chi connectivity index (χ3v) is 6.18. The highest BCUT2D eigenvalue weighted by molar-refractivity contribution is 5.99. The highest BCUT2D eigenvalue weighted by atomic mass is 19.4. The second-order valence-corrected chi connectivity index (χ2v) is 8.19. The molecule has 0 spiro atoms. The number of morpholine rings is 1. The van der Waals surface area contributed by atoms with Crippen molar-refractivity contribution in [2.75, 3.05) is 25.5 Å². The molecule has 1 amide bonds. The minimum absolute atomic E-state index is 0.110.